The summed E-state index contributed by atoms with van der Waals surface area (Å²) in [6.07, 6.45) is 0. The fourth-order valence-electron chi connectivity index (χ4n) is 1.49. The molecule has 0 aliphatic heterocycles. The molecule has 0 aliphatic carbocycles. The third-order valence-electron chi connectivity index (χ3n) is 2.70. The Labute approximate surface area is 144 Å². The maximum absolute atomic E-state index is 7.66. The van der Waals surface area contributed by atoms with Gasteiger partial charge in [-0.15, -0.1) is 0 Å². The zero-order chi connectivity index (χ0) is 17.7. The van der Waals surface area contributed by atoms with Gasteiger partial charge in [-0.1, -0.05) is 0 Å². The molecule has 0 aromatic carbocycles. The molecule has 9 heteroatoms. The predicted octanol–water partition coefficient (Wildman–Crippen LogP) is -0.540. The van der Waals surface area contributed by atoms with E-state index in [-0.39, 0.29) is 5.96 Å². The summed E-state index contributed by atoms with van der Waals surface area (Å²) < 4.78 is 31.0. The number of hydrogen-bond donors (Lipinski definition) is 3. The lowest BCUT2D eigenvalue weighted by Gasteiger charge is -2.11. The Kier molecular flexibility index (Phi) is 19.3. The van der Waals surface area contributed by atoms with E-state index in [9.17, 15) is 0 Å². The second kappa shape index (κ2) is 20.1. The van der Waals surface area contributed by atoms with Crippen LogP contribution in [-0.4, -0.2) is 99.3 Å². The normalized spacial score (nSPS) is 10.8. The smallest absolute Gasteiger partial charge is 0.188 e. The fraction of sp³-hybridized carbons (Fsp3) is 0.933. The minimum atomic E-state index is 0.259. The number of rotatable bonds is 18. The molecule has 0 radical (unpaired) electrons. The number of methoxy groups -OCH3 is 2. The Morgan fingerprint density at radius 2 is 0.917 bits per heavy atom. The summed E-state index contributed by atoms with van der Waals surface area (Å²) in [6, 6.07) is 0. The lowest BCUT2D eigenvalue weighted by molar-refractivity contribution is 0.0257. The first kappa shape index (κ1) is 23.0. The van der Waals surface area contributed by atoms with Crippen LogP contribution < -0.4 is 10.6 Å². The van der Waals surface area contributed by atoms with Crippen LogP contribution in [0.3, 0.4) is 0 Å². The average Bonchev–Trinajstić information content (AvgIpc) is 2.59. The first-order chi connectivity index (χ1) is 11.8. The van der Waals surface area contributed by atoms with Crippen LogP contribution in [0.2, 0.25) is 0 Å². The van der Waals surface area contributed by atoms with Gasteiger partial charge >= 0.3 is 0 Å². The molecule has 0 aromatic heterocycles. The van der Waals surface area contributed by atoms with Crippen molar-refractivity contribution < 1.29 is 28.4 Å². The number of hydrogen-bond acceptors (Lipinski definition) is 7. The van der Waals surface area contributed by atoms with Gasteiger partial charge in [0.2, 0.25) is 0 Å². The highest BCUT2D eigenvalue weighted by Gasteiger charge is 1.96. The zero-order valence-corrected chi connectivity index (χ0v) is 14.9. The van der Waals surface area contributed by atoms with Crippen LogP contribution >= 0.6 is 0 Å². The lowest BCUT2D eigenvalue weighted by atomic mass is 10.6. The Hall–Kier alpha value is -0.970. The molecule has 0 bridgehead atoms. The average molecular weight is 351 g/mol. The van der Waals surface area contributed by atoms with Crippen molar-refractivity contribution in [3.8, 4) is 0 Å². The molecule has 0 spiro atoms. The molecule has 0 rings (SSSR count). The number of guanidine groups is 1. The molecule has 0 aromatic rings. The molecular formula is C15H33N3O6. The highest BCUT2D eigenvalue weighted by Crippen LogP contribution is 1.80. The van der Waals surface area contributed by atoms with E-state index in [4.69, 9.17) is 33.8 Å². The van der Waals surface area contributed by atoms with E-state index in [1.54, 1.807) is 14.2 Å². The van der Waals surface area contributed by atoms with Gasteiger partial charge in [0.05, 0.1) is 66.1 Å². The molecule has 0 atom stereocenters. The molecule has 3 N–H and O–H groups in total. The van der Waals surface area contributed by atoms with E-state index in [0.29, 0.717) is 79.2 Å². The van der Waals surface area contributed by atoms with Crippen LogP contribution in [-0.2, 0) is 28.4 Å². The van der Waals surface area contributed by atoms with E-state index in [1.165, 1.54) is 0 Å². The first-order valence-electron chi connectivity index (χ1n) is 8.16. The summed E-state index contributed by atoms with van der Waals surface area (Å²) in [4.78, 5) is 0. The summed E-state index contributed by atoms with van der Waals surface area (Å²) in [6.45, 7) is 6.68. The van der Waals surface area contributed by atoms with Crippen molar-refractivity contribution in [3.63, 3.8) is 0 Å². The molecule has 9 nitrogen and oxygen atoms in total. The standard InChI is InChI=1S/C15H33N3O6/c1-19-7-9-23-13-11-21-5-3-17-15(16)18-4-6-22-12-14-24-10-8-20-2/h3-14H2,1-2H3,(H3,16,17,18). The second-order valence-corrected chi connectivity index (χ2v) is 4.66. The Balaban J connectivity index is 3.13. The topological polar surface area (TPSA) is 103 Å². The van der Waals surface area contributed by atoms with E-state index < -0.39 is 0 Å². The number of nitrogens with one attached hydrogen (secondary N) is 3. The highest BCUT2D eigenvalue weighted by atomic mass is 16.5. The first-order valence-corrected chi connectivity index (χ1v) is 8.16. The van der Waals surface area contributed by atoms with Gasteiger partial charge in [-0.25, -0.2) is 0 Å². The minimum absolute atomic E-state index is 0.259. The van der Waals surface area contributed by atoms with Crippen LogP contribution in [0.1, 0.15) is 0 Å². The molecule has 0 heterocycles. The van der Waals surface area contributed by atoms with Crippen molar-refractivity contribution in [1.82, 2.24) is 10.6 Å². The Morgan fingerprint density at radius 1 is 0.583 bits per heavy atom. The molecule has 0 aliphatic rings. The van der Waals surface area contributed by atoms with Gasteiger partial charge in [0.15, 0.2) is 5.96 Å². The maximum Gasteiger partial charge on any atom is 0.188 e. The van der Waals surface area contributed by atoms with Crippen molar-refractivity contribution in [2.45, 2.75) is 0 Å². The van der Waals surface area contributed by atoms with Crippen LogP contribution in [0.5, 0.6) is 0 Å². The number of ether oxygens (including phenoxy) is 6. The van der Waals surface area contributed by atoms with Crippen LogP contribution in [0, 0.1) is 5.41 Å². The monoisotopic (exact) mass is 351 g/mol. The van der Waals surface area contributed by atoms with Gasteiger partial charge in [-0.05, 0) is 0 Å². The quantitative estimate of drug-likeness (QED) is 0.172. The van der Waals surface area contributed by atoms with Gasteiger partial charge in [0.25, 0.3) is 0 Å². The molecule has 0 amide bonds. The van der Waals surface area contributed by atoms with E-state index in [1.807, 2.05) is 0 Å². The van der Waals surface area contributed by atoms with Gasteiger partial charge < -0.3 is 39.1 Å². The minimum Gasteiger partial charge on any atom is -0.382 e. The largest absolute Gasteiger partial charge is 0.382 e. The van der Waals surface area contributed by atoms with Crippen LogP contribution in [0.25, 0.3) is 0 Å². The summed E-state index contributed by atoms with van der Waals surface area (Å²) in [5.41, 5.74) is 0. The van der Waals surface area contributed by atoms with Crippen molar-refractivity contribution in [2.75, 3.05) is 93.4 Å². The summed E-state index contributed by atoms with van der Waals surface area (Å²) in [5, 5.41) is 13.5. The second-order valence-electron chi connectivity index (χ2n) is 4.66. The van der Waals surface area contributed by atoms with Gasteiger partial charge in [0, 0.05) is 27.3 Å². The van der Waals surface area contributed by atoms with Gasteiger partial charge in [-0.2, -0.15) is 0 Å². The highest BCUT2D eigenvalue weighted by molar-refractivity contribution is 5.76. The third-order valence-corrected chi connectivity index (χ3v) is 2.70. The lowest BCUT2D eigenvalue weighted by Crippen LogP contribution is -2.39. The summed E-state index contributed by atoms with van der Waals surface area (Å²) in [5.74, 6) is 0.259. The Bertz CT molecular complexity index is 248. The molecule has 0 fully saturated rings. The van der Waals surface area contributed by atoms with Crippen molar-refractivity contribution in [2.24, 2.45) is 0 Å². The van der Waals surface area contributed by atoms with Crippen molar-refractivity contribution in [3.05, 3.63) is 0 Å². The third kappa shape index (κ3) is 19.1. The van der Waals surface area contributed by atoms with Crippen molar-refractivity contribution in [1.29, 1.82) is 5.41 Å². The van der Waals surface area contributed by atoms with Crippen LogP contribution in [0.15, 0.2) is 0 Å². The van der Waals surface area contributed by atoms with E-state index in [2.05, 4.69) is 10.6 Å². The van der Waals surface area contributed by atoms with Gasteiger partial charge in [-0.3, -0.25) is 5.41 Å². The molecule has 144 valence electrons. The SMILES string of the molecule is COCCOCCOCCNC(=N)NCCOCCOCCOC. The molecular weight excluding hydrogens is 318 g/mol. The fourth-order valence-corrected chi connectivity index (χ4v) is 1.49. The molecule has 0 saturated carbocycles. The maximum atomic E-state index is 7.66. The summed E-state index contributed by atoms with van der Waals surface area (Å²) in [7, 11) is 3.28. The predicted molar refractivity (Wildman–Crippen MR) is 90.8 cm³/mol. The molecule has 0 saturated heterocycles. The zero-order valence-electron chi connectivity index (χ0n) is 14.9. The van der Waals surface area contributed by atoms with Crippen LogP contribution in [0.4, 0.5) is 0 Å². The van der Waals surface area contributed by atoms with Crippen molar-refractivity contribution >= 4 is 5.96 Å². The molecule has 0 unspecified atom stereocenters. The Morgan fingerprint density at radius 3 is 1.29 bits per heavy atom. The van der Waals surface area contributed by atoms with Gasteiger partial charge in [0.1, 0.15) is 0 Å². The van der Waals surface area contributed by atoms with E-state index >= 15 is 0 Å². The van der Waals surface area contributed by atoms with E-state index in [0.717, 1.165) is 0 Å². The molecule has 24 heavy (non-hydrogen) atoms. The summed E-state index contributed by atoms with van der Waals surface area (Å²) >= 11 is 0.